The van der Waals surface area contributed by atoms with Gasteiger partial charge >= 0.3 is 0 Å². The van der Waals surface area contributed by atoms with E-state index < -0.39 is 0 Å². The number of aliphatic hydroxyl groups excluding tert-OH is 1. The predicted molar refractivity (Wildman–Crippen MR) is 51.9 cm³/mol. The molecule has 0 saturated heterocycles. The highest BCUT2D eigenvalue weighted by Gasteiger charge is 2.35. The first-order valence-electron chi connectivity index (χ1n) is 5.20. The van der Waals surface area contributed by atoms with E-state index >= 15 is 0 Å². The molecular weight excluding hydrogens is 148 g/mol. The molecule has 1 rings (SSSR count). The summed E-state index contributed by atoms with van der Waals surface area (Å²) in [5.74, 6) is 2.69. The Kier molecular flexibility index (Phi) is 3.16. The normalized spacial score (nSPS) is 36.8. The molecule has 1 fully saturated rings. The van der Waals surface area contributed by atoms with Crippen LogP contribution in [0.25, 0.3) is 0 Å². The molecule has 1 N–H and O–H groups in total. The summed E-state index contributed by atoms with van der Waals surface area (Å²) in [6.45, 7) is 8.97. The van der Waals surface area contributed by atoms with Gasteiger partial charge in [0.25, 0.3) is 0 Å². The van der Waals surface area contributed by atoms with E-state index in [1.165, 1.54) is 6.42 Å². The van der Waals surface area contributed by atoms with Crippen molar-refractivity contribution in [3.05, 3.63) is 0 Å². The van der Waals surface area contributed by atoms with Gasteiger partial charge in [0.2, 0.25) is 0 Å². The lowest BCUT2D eigenvalue weighted by Gasteiger charge is -2.18. The van der Waals surface area contributed by atoms with Crippen LogP contribution >= 0.6 is 0 Å². The maximum absolute atomic E-state index is 9.78. The van der Waals surface area contributed by atoms with Gasteiger partial charge in [0.1, 0.15) is 0 Å². The van der Waals surface area contributed by atoms with Crippen molar-refractivity contribution in [2.75, 3.05) is 0 Å². The Labute approximate surface area is 76.2 Å². The number of hydrogen-bond acceptors (Lipinski definition) is 1. The van der Waals surface area contributed by atoms with E-state index in [0.717, 1.165) is 18.3 Å². The first kappa shape index (κ1) is 10.0. The van der Waals surface area contributed by atoms with E-state index in [4.69, 9.17) is 0 Å². The van der Waals surface area contributed by atoms with Crippen molar-refractivity contribution in [3.63, 3.8) is 0 Å². The van der Waals surface area contributed by atoms with Crippen molar-refractivity contribution in [2.24, 2.45) is 23.7 Å². The molecule has 0 heterocycles. The fraction of sp³-hybridized carbons (Fsp3) is 1.00. The Balaban J connectivity index is 2.50. The zero-order valence-corrected chi connectivity index (χ0v) is 8.75. The quantitative estimate of drug-likeness (QED) is 0.675. The third-order valence-corrected chi connectivity index (χ3v) is 3.41. The van der Waals surface area contributed by atoms with Crippen molar-refractivity contribution in [1.29, 1.82) is 0 Å². The molecule has 1 aliphatic carbocycles. The Hall–Kier alpha value is -0.0400. The first-order chi connectivity index (χ1) is 5.52. The topological polar surface area (TPSA) is 20.2 Å². The Bertz CT molecular complexity index is 140. The van der Waals surface area contributed by atoms with Gasteiger partial charge in [-0.3, -0.25) is 0 Å². The van der Waals surface area contributed by atoms with Gasteiger partial charge < -0.3 is 5.11 Å². The number of rotatable bonds is 2. The molecule has 0 aromatic carbocycles. The van der Waals surface area contributed by atoms with Crippen LogP contribution in [-0.4, -0.2) is 11.2 Å². The molecule has 1 nitrogen and oxygen atoms in total. The summed E-state index contributed by atoms with van der Waals surface area (Å²) in [6, 6.07) is 0. The SMILES string of the molecule is CC(C)[C@@H]1C[C@@H](O)[C@H](C(C)C)C1. The van der Waals surface area contributed by atoms with Gasteiger partial charge in [-0.25, -0.2) is 0 Å². The largest absolute Gasteiger partial charge is 0.393 e. The lowest BCUT2D eigenvalue weighted by Crippen LogP contribution is -2.18. The number of hydrogen-bond donors (Lipinski definition) is 1. The van der Waals surface area contributed by atoms with Crippen LogP contribution in [0.2, 0.25) is 0 Å². The van der Waals surface area contributed by atoms with Gasteiger partial charge in [-0.1, -0.05) is 27.7 Å². The van der Waals surface area contributed by atoms with Crippen LogP contribution in [0.1, 0.15) is 40.5 Å². The zero-order chi connectivity index (χ0) is 9.30. The van der Waals surface area contributed by atoms with Crippen LogP contribution in [-0.2, 0) is 0 Å². The van der Waals surface area contributed by atoms with Crippen LogP contribution in [0.5, 0.6) is 0 Å². The lowest BCUT2D eigenvalue weighted by molar-refractivity contribution is 0.107. The van der Waals surface area contributed by atoms with Crippen molar-refractivity contribution in [2.45, 2.75) is 46.6 Å². The van der Waals surface area contributed by atoms with Gasteiger partial charge in [0.05, 0.1) is 6.10 Å². The van der Waals surface area contributed by atoms with E-state index in [2.05, 4.69) is 27.7 Å². The van der Waals surface area contributed by atoms with Gasteiger partial charge in [-0.2, -0.15) is 0 Å². The molecule has 0 aliphatic heterocycles. The Morgan fingerprint density at radius 3 is 1.83 bits per heavy atom. The summed E-state index contributed by atoms with van der Waals surface area (Å²) in [4.78, 5) is 0. The maximum atomic E-state index is 9.78. The lowest BCUT2D eigenvalue weighted by atomic mass is 9.89. The summed E-state index contributed by atoms with van der Waals surface area (Å²) in [5, 5.41) is 9.78. The van der Waals surface area contributed by atoms with E-state index in [9.17, 15) is 5.11 Å². The molecular formula is C11H22O. The minimum atomic E-state index is -0.0302. The number of aliphatic hydroxyl groups is 1. The van der Waals surface area contributed by atoms with Gasteiger partial charge in [-0.05, 0) is 36.5 Å². The highest BCUT2D eigenvalue weighted by Crippen LogP contribution is 2.39. The minimum absolute atomic E-state index is 0.0302. The molecule has 72 valence electrons. The third-order valence-electron chi connectivity index (χ3n) is 3.41. The molecule has 0 unspecified atom stereocenters. The van der Waals surface area contributed by atoms with Crippen molar-refractivity contribution >= 4 is 0 Å². The second kappa shape index (κ2) is 3.78. The fourth-order valence-electron chi connectivity index (χ4n) is 2.35. The van der Waals surface area contributed by atoms with Crippen LogP contribution < -0.4 is 0 Å². The molecule has 1 heteroatoms. The summed E-state index contributed by atoms with van der Waals surface area (Å²) in [6.07, 6.45) is 2.23. The van der Waals surface area contributed by atoms with E-state index in [1.54, 1.807) is 0 Å². The molecule has 0 aromatic rings. The molecule has 0 amide bonds. The molecule has 0 radical (unpaired) electrons. The Morgan fingerprint density at radius 2 is 1.58 bits per heavy atom. The van der Waals surface area contributed by atoms with Gasteiger partial charge in [-0.15, -0.1) is 0 Å². The minimum Gasteiger partial charge on any atom is -0.393 e. The average Bonchev–Trinajstić information content (AvgIpc) is 2.30. The third kappa shape index (κ3) is 2.01. The highest BCUT2D eigenvalue weighted by atomic mass is 16.3. The predicted octanol–water partition coefficient (Wildman–Crippen LogP) is 2.69. The highest BCUT2D eigenvalue weighted by molar-refractivity contribution is 4.85. The molecule has 12 heavy (non-hydrogen) atoms. The maximum Gasteiger partial charge on any atom is 0.0573 e. The molecule has 1 aliphatic rings. The molecule has 0 aromatic heterocycles. The van der Waals surface area contributed by atoms with E-state index in [-0.39, 0.29) is 6.10 Å². The van der Waals surface area contributed by atoms with Crippen LogP contribution in [0.3, 0.4) is 0 Å². The summed E-state index contributed by atoms with van der Waals surface area (Å²) in [5.41, 5.74) is 0. The van der Waals surface area contributed by atoms with Crippen LogP contribution in [0, 0.1) is 23.7 Å². The summed E-state index contributed by atoms with van der Waals surface area (Å²) < 4.78 is 0. The van der Waals surface area contributed by atoms with Gasteiger partial charge in [0.15, 0.2) is 0 Å². The smallest absolute Gasteiger partial charge is 0.0573 e. The summed E-state index contributed by atoms with van der Waals surface area (Å²) in [7, 11) is 0. The second-order valence-corrected chi connectivity index (χ2v) is 4.95. The molecule has 3 atom stereocenters. The summed E-state index contributed by atoms with van der Waals surface area (Å²) >= 11 is 0. The molecule has 1 saturated carbocycles. The first-order valence-corrected chi connectivity index (χ1v) is 5.20. The van der Waals surface area contributed by atoms with Crippen LogP contribution in [0.15, 0.2) is 0 Å². The van der Waals surface area contributed by atoms with Gasteiger partial charge in [0, 0.05) is 0 Å². The standard InChI is InChI=1S/C11H22O/c1-7(2)9-5-10(8(3)4)11(12)6-9/h7-12H,5-6H2,1-4H3/t9-,10-,11+/m0/s1. The second-order valence-electron chi connectivity index (χ2n) is 4.95. The monoisotopic (exact) mass is 170 g/mol. The van der Waals surface area contributed by atoms with Crippen molar-refractivity contribution in [3.8, 4) is 0 Å². The average molecular weight is 170 g/mol. The Morgan fingerprint density at radius 1 is 1.00 bits per heavy atom. The van der Waals surface area contributed by atoms with Crippen LogP contribution in [0.4, 0.5) is 0 Å². The van der Waals surface area contributed by atoms with E-state index in [1.807, 2.05) is 0 Å². The van der Waals surface area contributed by atoms with Crippen molar-refractivity contribution in [1.82, 2.24) is 0 Å². The van der Waals surface area contributed by atoms with E-state index in [0.29, 0.717) is 11.8 Å². The molecule has 0 bridgehead atoms. The van der Waals surface area contributed by atoms with Crippen molar-refractivity contribution < 1.29 is 5.11 Å². The fourth-order valence-corrected chi connectivity index (χ4v) is 2.35. The zero-order valence-electron chi connectivity index (χ0n) is 8.75. The molecule has 0 spiro atoms.